The number of non-ortho nitro benzene ring substituents is 1. The molecule has 1 aromatic heterocycles. The number of rotatable bonds is 6. The van der Waals surface area contributed by atoms with Crippen LogP contribution in [0.25, 0.3) is 6.08 Å². The average Bonchev–Trinajstić information content (AvgIpc) is 2.64. The number of ether oxygens (including phenoxy) is 1. The number of nitrogens with zero attached hydrogens (tertiary/aromatic N) is 2. The highest BCUT2D eigenvalue weighted by molar-refractivity contribution is 5.91. The fourth-order valence-electron chi connectivity index (χ4n) is 1.84. The second-order valence-electron chi connectivity index (χ2n) is 5.18. The highest BCUT2D eigenvalue weighted by Crippen LogP contribution is 2.12. The van der Waals surface area contributed by atoms with Gasteiger partial charge in [-0.1, -0.05) is 11.8 Å². The van der Waals surface area contributed by atoms with Crippen LogP contribution in [0.4, 0.5) is 5.69 Å². The standard InChI is InChI=1S/C19H17N3O4/c1-15-4-10-18(14-21-15)26-13-3-2-12-20-19(23)11-7-16-5-8-17(9-6-16)22(24)25/h4-11,14H,12-13H2,1H3,(H,20,23)/b11-7+. The Balaban J connectivity index is 1.70. The van der Waals surface area contributed by atoms with Crippen LogP contribution in [0.5, 0.6) is 5.75 Å². The molecule has 0 atom stereocenters. The summed E-state index contributed by atoms with van der Waals surface area (Å²) in [7, 11) is 0. The first-order chi connectivity index (χ1) is 12.5. The smallest absolute Gasteiger partial charge is 0.269 e. The maximum Gasteiger partial charge on any atom is 0.269 e. The van der Waals surface area contributed by atoms with E-state index < -0.39 is 4.92 Å². The van der Waals surface area contributed by atoms with Crippen molar-refractivity contribution >= 4 is 17.7 Å². The normalized spacial score (nSPS) is 10.0. The van der Waals surface area contributed by atoms with E-state index in [1.165, 1.54) is 18.2 Å². The van der Waals surface area contributed by atoms with Gasteiger partial charge in [0.05, 0.1) is 17.7 Å². The largest absolute Gasteiger partial charge is 0.479 e. The van der Waals surface area contributed by atoms with Crippen LogP contribution >= 0.6 is 0 Å². The molecule has 2 rings (SSSR count). The van der Waals surface area contributed by atoms with E-state index >= 15 is 0 Å². The molecule has 0 radical (unpaired) electrons. The number of nitro benzene ring substituents is 1. The molecule has 0 saturated carbocycles. The maximum atomic E-state index is 11.7. The molecule has 7 heteroatoms. The summed E-state index contributed by atoms with van der Waals surface area (Å²) in [5, 5.41) is 13.2. The summed E-state index contributed by atoms with van der Waals surface area (Å²) in [6.07, 6.45) is 4.54. The van der Waals surface area contributed by atoms with Crippen molar-refractivity contribution in [1.82, 2.24) is 10.3 Å². The van der Waals surface area contributed by atoms with Crippen molar-refractivity contribution in [2.75, 3.05) is 13.2 Å². The number of hydrogen-bond acceptors (Lipinski definition) is 5. The minimum absolute atomic E-state index is 0.00510. The second-order valence-corrected chi connectivity index (χ2v) is 5.18. The number of amides is 1. The molecular weight excluding hydrogens is 334 g/mol. The second kappa shape index (κ2) is 9.59. The Labute approximate surface area is 150 Å². The maximum absolute atomic E-state index is 11.7. The van der Waals surface area contributed by atoms with Crippen LogP contribution in [0, 0.1) is 28.9 Å². The van der Waals surface area contributed by atoms with Crippen molar-refractivity contribution in [3.8, 4) is 17.6 Å². The Hall–Kier alpha value is -3.66. The van der Waals surface area contributed by atoms with E-state index in [1.54, 1.807) is 24.4 Å². The van der Waals surface area contributed by atoms with Gasteiger partial charge in [0.15, 0.2) is 0 Å². The van der Waals surface area contributed by atoms with Crippen LogP contribution in [0.15, 0.2) is 48.7 Å². The fraction of sp³-hybridized carbons (Fsp3) is 0.158. The Bertz CT molecular complexity index is 847. The van der Waals surface area contributed by atoms with Crippen molar-refractivity contribution in [1.29, 1.82) is 0 Å². The lowest BCUT2D eigenvalue weighted by molar-refractivity contribution is -0.384. The van der Waals surface area contributed by atoms with Crippen molar-refractivity contribution in [2.24, 2.45) is 0 Å². The van der Waals surface area contributed by atoms with Crippen LogP contribution in [0.1, 0.15) is 11.3 Å². The van der Waals surface area contributed by atoms with E-state index in [0.29, 0.717) is 11.3 Å². The molecule has 0 bridgehead atoms. The number of carbonyl (C=O) groups excluding carboxylic acids is 1. The predicted molar refractivity (Wildman–Crippen MR) is 97.4 cm³/mol. The first-order valence-electron chi connectivity index (χ1n) is 7.76. The van der Waals surface area contributed by atoms with Gasteiger partial charge in [0.1, 0.15) is 12.4 Å². The van der Waals surface area contributed by atoms with Crippen LogP contribution in [0.3, 0.4) is 0 Å². The topological polar surface area (TPSA) is 94.4 Å². The molecule has 1 heterocycles. The van der Waals surface area contributed by atoms with Gasteiger partial charge in [-0.05, 0) is 42.8 Å². The summed E-state index contributed by atoms with van der Waals surface area (Å²) >= 11 is 0. The number of pyridine rings is 1. The van der Waals surface area contributed by atoms with Gasteiger partial charge in [0.2, 0.25) is 5.91 Å². The highest BCUT2D eigenvalue weighted by Gasteiger charge is 2.02. The summed E-state index contributed by atoms with van der Waals surface area (Å²) in [6.45, 7) is 2.29. The molecule has 2 aromatic rings. The third kappa shape index (κ3) is 6.45. The lowest BCUT2D eigenvalue weighted by atomic mass is 10.2. The van der Waals surface area contributed by atoms with Gasteiger partial charge >= 0.3 is 0 Å². The summed E-state index contributed by atoms with van der Waals surface area (Å²) in [4.78, 5) is 25.9. The van der Waals surface area contributed by atoms with Crippen molar-refractivity contribution in [2.45, 2.75) is 6.92 Å². The monoisotopic (exact) mass is 351 g/mol. The number of benzene rings is 1. The van der Waals surface area contributed by atoms with E-state index in [2.05, 4.69) is 22.1 Å². The molecule has 0 aliphatic carbocycles. The van der Waals surface area contributed by atoms with Gasteiger partial charge in [-0.15, -0.1) is 0 Å². The first kappa shape index (κ1) is 18.7. The Morgan fingerprint density at radius 1 is 1.27 bits per heavy atom. The van der Waals surface area contributed by atoms with E-state index in [-0.39, 0.29) is 24.7 Å². The third-order valence-electron chi connectivity index (χ3n) is 3.20. The molecule has 132 valence electrons. The fourth-order valence-corrected chi connectivity index (χ4v) is 1.84. The number of hydrogen-bond donors (Lipinski definition) is 1. The van der Waals surface area contributed by atoms with Crippen molar-refractivity contribution in [3.63, 3.8) is 0 Å². The van der Waals surface area contributed by atoms with E-state index in [0.717, 1.165) is 5.69 Å². The quantitative estimate of drug-likeness (QED) is 0.373. The molecule has 26 heavy (non-hydrogen) atoms. The Kier molecular flexibility index (Phi) is 6.89. The number of carbonyl (C=O) groups is 1. The van der Waals surface area contributed by atoms with Gasteiger partial charge in [0.25, 0.3) is 5.69 Å². The lowest BCUT2D eigenvalue weighted by Gasteiger charge is -2.00. The molecule has 1 N–H and O–H groups in total. The summed E-state index contributed by atoms with van der Waals surface area (Å²) in [5.74, 6) is 5.91. The van der Waals surface area contributed by atoms with Crippen LogP contribution in [-0.4, -0.2) is 29.0 Å². The summed E-state index contributed by atoms with van der Waals surface area (Å²) < 4.78 is 5.39. The molecule has 1 aromatic carbocycles. The Morgan fingerprint density at radius 3 is 2.69 bits per heavy atom. The number of aryl methyl sites for hydroxylation is 1. The minimum Gasteiger partial charge on any atom is -0.479 e. The highest BCUT2D eigenvalue weighted by atomic mass is 16.6. The minimum atomic E-state index is -0.474. The molecular formula is C19H17N3O4. The molecule has 0 spiro atoms. The third-order valence-corrected chi connectivity index (χ3v) is 3.20. The van der Waals surface area contributed by atoms with Gasteiger partial charge in [0, 0.05) is 23.9 Å². The van der Waals surface area contributed by atoms with Crippen LogP contribution in [-0.2, 0) is 4.79 Å². The number of nitro groups is 1. The zero-order chi connectivity index (χ0) is 18.8. The lowest BCUT2D eigenvalue weighted by Crippen LogP contribution is -2.21. The number of aromatic nitrogens is 1. The van der Waals surface area contributed by atoms with Gasteiger partial charge in [-0.2, -0.15) is 0 Å². The van der Waals surface area contributed by atoms with Crippen molar-refractivity contribution < 1.29 is 14.5 Å². The van der Waals surface area contributed by atoms with Crippen molar-refractivity contribution in [3.05, 3.63) is 70.0 Å². The van der Waals surface area contributed by atoms with Gasteiger partial charge in [-0.25, -0.2) is 0 Å². The molecule has 0 aliphatic heterocycles. The zero-order valence-corrected chi connectivity index (χ0v) is 14.1. The molecule has 0 aliphatic rings. The summed E-state index contributed by atoms with van der Waals surface area (Å²) in [5.41, 5.74) is 1.61. The molecule has 1 amide bonds. The first-order valence-corrected chi connectivity index (χ1v) is 7.76. The van der Waals surface area contributed by atoms with Gasteiger partial charge < -0.3 is 10.1 Å². The Morgan fingerprint density at radius 2 is 2.04 bits per heavy atom. The zero-order valence-electron chi connectivity index (χ0n) is 14.1. The van der Waals surface area contributed by atoms with Gasteiger partial charge in [-0.3, -0.25) is 19.9 Å². The molecule has 0 saturated heterocycles. The molecule has 7 nitrogen and oxygen atoms in total. The average molecular weight is 351 g/mol. The van der Waals surface area contributed by atoms with Crippen LogP contribution < -0.4 is 10.1 Å². The predicted octanol–water partition coefficient (Wildman–Crippen LogP) is 2.51. The number of nitrogens with one attached hydrogen (secondary N) is 1. The summed E-state index contributed by atoms with van der Waals surface area (Å²) in [6, 6.07) is 9.56. The van der Waals surface area contributed by atoms with E-state index in [1.807, 2.05) is 19.1 Å². The van der Waals surface area contributed by atoms with Crippen LogP contribution in [0.2, 0.25) is 0 Å². The SMILES string of the molecule is Cc1ccc(OCC#CCNC(=O)/C=C/c2ccc([N+](=O)[O-])cc2)cn1. The molecule has 0 fully saturated rings. The molecule has 0 unspecified atom stereocenters. The van der Waals surface area contributed by atoms with E-state index in [9.17, 15) is 14.9 Å². The van der Waals surface area contributed by atoms with E-state index in [4.69, 9.17) is 4.74 Å².